The van der Waals surface area contributed by atoms with Crippen LogP contribution in [0.25, 0.3) is 11.1 Å². The van der Waals surface area contributed by atoms with Crippen molar-refractivity contribution in [3.05, 3.63) is 54.4 Å². The fourth-order valence-corrected chi connectivity index (χ4v) is 2.91. The number of nitrogens with one attached hydrogen (secondary N) is 1. The van der Waals surface area contributed by atoms with Crippen LogP contribution in [0, 0.1) is 0 Å². The number of aromatic nitrogens is 1. The molecular weight excluding hydrogens is 280 g/mol. The lowest BCUT2D eigenvalue weighted by atomic mass is 10.0. The standard InChI is InChI=1S/C17H22N2OS/c1-13(17(12-20)21-2)19-11-14-4-3-5-16(10-14)15-6-8-18-9-7-15/h3-10,13,17,19-20H,11-12H2,1-2H3. The highest BCUT2D eigenvalue weighted by atomic mass is 32.2. The smallest absolute Gasteiger partial charge is 0.0564 e. The second-order valence-corrected chi connectivity index (χ2v) is 6.14. The summed E-state index contributed by atoms with van der Waals surface area (Å²) in [5.41, 5.74) is 3.62. The number of rotatable bonds is 7. The van der Waals surface area contributed by atoms with E-state index < -0.39 is 0 Å². The summed E-state index contributed by atoms with van der Waals surface area (Å²) in [4.78, 5) is 4.05. The number of benzene rings is 1. The fraction of sp³-hybridized carbons (Fsp3) is 0.353. The normalized spacial score (nSPS) is 13.9. The Morgan fingerprint density at radius 1 is 1.19 bits per heavy atom. The van der Waals surface area contributed by atoms with Gasteiger partial charge in [0.05, 0.1) is 6.61 Å². The van der Waals surface area contributed by atoms with Gasteiger partial charge in [-0.05, 0) is 48.1 Å². The molecule has 3 nitrogen and oxygen atoms in total. The molecule has 2 atom stereocenters. The highest BCUT2D eigenvalue weighted by Gasteiger charge is 2.14. The van der Waals surface area contributed by atoms with E-state index in [1.807, 2.05) is 30.8 Å². The maximum atomic E-state index is 9.32. The number of hydrogen-bond donors (Lipinski definition) is 2. The van der Waals surface area contributed by atoms with Gasteiger partial charge in [-0.3, -0.25) is 4.98 Å². The zero-order chi connectivity index (χ0) is 15.1. The van der Waals surface area contributed by atoms with E-state index in [2.05, 4.69) is 41.5 Å². The molecule has 4 heteroatoms. The number of pyridine rings is 1. The molecule has 0 radical (unpaired) electrons. The van der Waals surface area contributed by atoms with E-state index in [0.29, 0.717) is 0 Å². The van der Waals surface area contributed by atoms with Gasteiger partial charge in [0.15, 0.2) is 0 Å². The number of nitrogens with zero attached hydrogens (tertiary/aromatic N) is 1. The van der Waals surface area contributed by atoms with Crippen molar-refractivity contribution in [2.24, 2.45) is 0 Å². The van der Waals surface area contributed by atoms with Crippen LogP contribution in [-0.2, 0) is 6.54 Å². The van der Waals surface area contributed by atoms with Gasteiger partial charge in [-0.2, -0.15) is 11.8 Å². The Labute approximate surface area is 130 Å². The van der Waals surface area contributed by atoms with Crippen molar-refractivity contribution in [2.75, 3.05) is 12.9 Å². The molecule has 112 valence electrons. The Kier molecular flexibility index (Phi) is 6.23. The lowest BCUT2D eigenvalue weighted by molar-refractivity contribution is 0.276. The van der Waals surface area contributed by atoms with E-state index in [0.717, 1.165) is 6.54 Å². The predicted octanol–water partition coefficient (Wildman–Crippen LogP) is 2.95. The zero-order valence-corrected chi connectivity index (χ0v) is 13.3. The molecule has 0 aliphatic heterocycles. The third-order valence-corrected chi connectivity index (χ3v) is 4.77. The molecule has 1 aromatic heterocycles. The average Bonchev–Trinajstić information content (AvgIpc) is 2.55. The maximum absolute atomic E-state index is 9.32. The van der Waals surface area contributed by atoms with Gasteiger partial charge in [-0.1, -0.05) is 18.2 Å². The SMILES string of the molecule is CSC(CO)C(C)NCc1cccc(-c2ccncc2)c1. The second-order valence-electron chi connectivity index (χ2n) is 5.06. The van der Waals surface area contributed by atoms with Gasteiger partial charge in [0.25, 0.3) is 0 Å². The van der Waals surface area contributed by atoms with Crippen LogP contribution in [0.15, 0.2) is 48.8 Å². The Morgan fingerprint density at radius 2 is 1.95 bits per heavy atom. The minimum Gasteiger partial charge on any atom is -0.395 e. The number of aliphatic hydroxyl groups is 1. The Hall–Kier alpha value is -1.36. The molecule has 1 heterocycles. The number of aliphatic hydroxyl groups excluding tert-OH is 1. The summed E-state index contributed by atoms with van der Waals surface area (Å²) in [7, 11) is 0. The molecule has 2 N–H and O–H groups in total. The van der Waals surface area contributed by atoms with Crippen molar-refractivity contribution in [1.29, 1.82) is 0 Å². The summed E-state index contributed by atoms with van der Waals surface area (Å²) >= 11 is 1.69. The molecule has 2 unspecified atom stereocenters. The third-order valence-electron chi connectivity index (χ3n) is 3.61. The van der Waals surface area contributed by atoms with Crippen LogP contribution in [0.3, 0.4) is 0 Å². The molecule has 2 rings (SSSR count). The summed E-state index contributed by atoms with van der Waals surface area (Å²) in [6.45, 7) is 3.12. The molecule has 0 saturated carbocycles. The van der Waals surface area contributed by atoms with E-state index in [1.54, 1.807) is 11.8 Å². The molecule has 0 spiro atoms. The van der Waals surface area contributed by atoms with E-state index in [1.165, 1.54) is 16.7 Å². The van der Waals surface area contributed by atoms with E-state index in [4.69, 9.17) is 0 Å². The van der Waals surface area contributed by atoms with Gasteiger partial charge < -0.3 is 10.4 Å². The lowest BCUT2D eigenvalue weighted by Crippen LogP contribution is -2.37. The minimum absolute atomic E-state index is 0.201. The quantitative estimate of drug-likeness (QED) is 0.825. The maximum Gasteiger partial charge on any atom is 0.0564 e. The highest BCUT2D eigenvalue weighted by Crippen LogP contribution is 2.19. The van der Waals surface area contributed by atoms with Crippen LogP contribution in [0.1, 0.15) is 12.5 Å². The van der Waals surface area contributed by atoms with Crippen molar-refractivity contribution < 1.29 is 5.11 Å². The van der Waals surface area contributed by atoms with Crippen LogP contribution in [-0.4, -0.2) is 34.2 Å². The molecule has 0 fully saturated rings. The van der Waals surface area contributed by atoms with Gasteiger partial charge in [0.2, 0.25) is 0 Å². The van der Waals surface area contributed by atoms with Crippen molar-refractivity contribution >= 4 is 11.8 Å². The van der Waals surface area contributed by atoms with Crippen molar-refractivity contribution in [3.63, 3.8) is 0 Å². The fourth-order valence-electron chi connectivity index (χ4n) is 2.25. The summed E-state index contributed by atoms with van der Waals surface area (Å²) in [6, 6.07) is 12.8. The van der Waals surface area contributed by atoms with Crippen LogP contribution in [0.2, 0.25) is 0 Å². The molecule has 0 bridgehead atoms. The summed E-state index contributed by atoms with van der Waals surface area (Å²) in [5.74, 6) is 0. The van der Waals surface area contributed by atoms with Gasteiger partial charge in [0.1, 0.15) is 0 Å². The lowest BCUT2D eigenvalue weighted by Gasteiger charge is -2.21. The molecule has 21 heavy (non-hydrogen) atoms. The van der Waals surface area contributed by atoms with Crippen LogP contribution in [0.4, 0.5) is 0 Å². The molecular formula is C17H22N2OS. The third kappa shape index (κ3) is 4.56. The Morgan fingerprint density at radius 3 is 2.62 bits per heavy atom. The van der Waals surface area contributed by atoms with E-state index in [-0.39, 0.29) is 17.9 Å². The summed E-state index contributed by atoms with van der Waals surface area (Å²) < 4.78 is 0. The molecule has 1 aromatic carbocycles. The van der Waals surface area contributed by atoms with Crippen molar-refractivity contribution in [2.45, 2.75) is 24.8 Å². The molecule has 0 amide bonds. The Bertz CT molecular complexity index is 543. The second kappa shape index (κ2) is 8.17. The first-order valence-corrected chi connectivity index (χ1v) is 8.39. The van der Waals surface area contributed by atoms with Crippen molar-refractivity contribution in [3.8, 4) is 11.1 Å². The van der Waals surface area contributed by atoms with E-state index >= 15 is 0 Å². The predicted molar refractivity (Wildman–Crippen MR) is 90.4 cm³/mol. The van der Waals surface area contributed by atoms with Gasteiger partial charge in [-0.25, -0.2) is 0 Å². The zero-order valence-electron chi connectivity index (χ0n) is 12.5. The van der Waals surface area contributed by atoms with Gasteiger partial charge >= 0.3 is 0 Å². The van der Waals surface area contributed by atoms with Crippen LogP contribution < -0.4 is 5.32 Å². The molecule has 2 aromatic rings. The highest BCUT2D eigenvalue weighted by molar-refractivity contribution is 7.99. The molecule has 0 saturated heterocycles. The summed E-state index contributed by atoms with van der Waals surface area (Å²) in [5, 5.41) is 13.0. The summed E-state index contributed by atoms with van der Waals surface area (Å²) in [6.07, 6.45) is 5.66. The number of hydrogen-bond acceptors (Lipinski definition) is 4. The number of thioether (sulfide) groups is 1. The molecule has 0 aliphatic carbocycles. The van der Waals surface area contributed by atoms with Gasteiger partial charge in [0, 0.05) is 30.2 Å². The largest absolute Gasteiger partial charge is 0.395 e. The first-order valence-electron chi connectivity index (χ1n) is 7.11. The van der Waals surface area contributed by atoms with Gasteiger partial charge in [-0.15, -0.1) is 0 Å². The van der Waals surface area contributed by atoms with E-state index in [9.17, 15) is 5.11 Å². The minimum atomic E-state index is 0.201. The Balaban J connectivity index is 2.02. The first-order chi connectivity index (χ1) is 10.2. The molecule has 0 aliphatic rings. The first kappa shape index (κ1) is 16.0. The average molecular weight is 302 g/mol. The van der Waals surface area contributed by atoms with Crippen molar-refractivity contribution in [1.82, 2.24) is 10.3 Å². The van der Waals surface area contributed by atoms with Crippen LogP contribution in [0.5, 0.6) is 0 Å². The topological polar surface area (TPSA) is 45.1 Å². The van der Waals surface area contributed by atoms with Crippen LogP contribution >= 0.6 is 11.8 Å². The monoisotopic (exact) mass is 302 g/mol.